The maximum atomic E-state index is 12.6. The zero-order valence-electron chi connectivity index (χ0n) is 12.0. The van der Waals surface area contributed by atoms with E-state index >= 15 is 0 Å². The van der Waals surface area contributed by atoms with Gasteiger partial charge in [-0.1, -0.05) is 12.5 Å². The number of nitrogens with zero attached hydrogens (tertiary/aromatic N) is 2. The number of nitrogens with one attached hydrogen (secondary N) is 1. The number of carbonyl (C=O) groups is 1. The Hall–Kier alpha value is -1.46. The Balaban J connectivity index is 2.00. The van der Waals surface area contributed by atoms with E-state index < -0.39 is 0 Å². The second kappa shape index (κ2) is 7.97. The van der Waals surface area contributed by atoms with Crippen molar-refractivity contribution < 1.29 is 9.53 Å². The van der Waals surface area contributed by atoms with Crippen LogP contribution in [-0.2, 0) is 16.1 Å². The maximum absolute atomic E-state index is 12.6. The topological polar surface area (TPSA) is 54.5 Å². The summed E-state index contributed by atoms with van der Waals surface area (Å²) in [5.41, 5.74) is 0.910. The SMILES string of the molecule is COCCN(Cc1ccccn1)C(=O)[C@H]1CCCCN1. The Morgan fingerprint density at radius 1 is 1.50 bits per heavy atom. The van der Waals surface area contributed by atoms with Crippen LogP contribution in [0.25, 0.3) is 0 Å². The molecule has 20 heavy (non-hydrogen) atoms. The first kappa shape index (κ1) is 14.9. The minimum Gasteiger partial charge on any atom is -0.383 e. The van der Waals surface area contributed by atoms with Crippen LogP contribution in [0.5, 0.6) is 0 Å². The normalized spacial score (nSPS) is 18.8. The average molecular weight is 277 g/mol. The third kappa shape index (κ3) is 4.28. The fourth-order valence-electron chi connectivity index (χ4n) is 2.44. The minimum absolute atomic E-state index is 0.0516. The van der Waals surface area contributed by atoms with Crippen molar-refractivity contribution in [2.45, 2.75) is 31.8 Å². The fourth-order valence-corrected chi connectivity index (χ4v) is 2.44. The molecular formula is C15H23N3O2. The highest BCUT2D eigenvalue weighted by atomic mass is 16.5. The highest BCUT2D eigenvalue weighted by Crippen LogP contribution is 2.11. The van der Waals surface area contributed by atoms with Gasteiger partial charge in [0.15, 0.2) is 0 Å². The van der Waals surface area contributed by atoms with Crippen molar-refractivity contribution in [1.82, 2.24) is 15.2 Å². The van der Waals surface area contributed by atoms with Crippen LogP contribution in [0.1, 0.15) is 25.0 Å². The summed E-state index contributed by atoms with van der Waals surface area (Å²) in [6.07, 6.45) is 4.95. The van der Waals surface area contributed by atoms with Gasteiger partial charge in [0.25, 0.3) is 0 Å². The summed E-state index contributed by atoms with van der Waals surface area (Å²) in [5.74, 6) is 0.160. The molecule has 1 aliphatic heterocycles. The Kier molecular flexibility index (Phi) is 5.95. The summed E-state index contributed by atoms with van der Waals surface area (Å²) in [6.45, 7) is 2.62. The Morgan fingerprint density at radius 2 is 2.40 bits per heavy atom. The van der Waals surface area contributed by atoms with Crippen molar-refractivity contribution >= 4 is 5.91 Å². The predicted octanol–water partition coefficient (Wildman–Crippen LogP) is 1.20. The molecule has 0 bridgehead atoms. The van der Waals surface area contributed by atoms with E-state index in [-0.39, 0.29) is 11.9 Å². The van der Waals surface area contributed by atoms with Crippen LogP contribution in [0.15, 0.2) is 24.4 Å². The van der Waals surface area contributed by atoms with Gasteiger partial charge < -0.3 is 15.0 Å². The first-order chi connectivity index (χ1) is 9.81. The summed E-state index contributed by atoms with van der Waals surface area (Å²) in [4.78, 5) is 18.7. The number of ether oxygens (including phenoxy) is 1. The molecular weight excluding hydrogens is 254 g/mol. The monoisotopic (exact) mass is 277 g/mol. The van der Waals surface area contributed by atoms with Crippen molar-refractivity contribution in [3.05, 3.63) is 30.1 Å². The minimum atomic E-state index is -0.0516. The molecule has 1 fully saturated rings. The molecule has 5 heteroatoms. The Bertz CT molecular complexity index is 405. The van der Waals surface area contributed by atoms with Crippen molar-refractivity contribution in [2.75, 3.05) is 26.8 Å². The third-order valence-corrected chi connectivity index (χ3v) is 3.56. The summed E-state index contributed by atoms with van der Waals surface area (Å²) >= 11 is 0. The van der Waals surface area contributed by atoms with Gasteiger partial charge in [-0.3, -0.25) is 9.78 Å². The van der Waals surface area contributed by atoms with E-state index in [0.29, 0.717) is 19.7 Å². The smallest absolute Gasteiger partial charge is 0.240 e. The van der Waals surface area contributed by atoms with Gasteiger partial charge in [-0.05, 0) is 31.5 Å². The van der Waals surface area contributed by atoms with Crippen molar-refractivity contribution in [3.8, 4) is 0 Å². The van der Waals surface area contributed by atoms with Gasteiger partial charge in [0, 0.05) is 19.9 Å². The van der Waals surface area contributed by atoms with E-state index in [1.165, 1.54) is 0 Å². The number of aromatic nitrogens is 1. The average Bonchev–Trinajstić information content (AvgIpc) is 2.52. The lowest BCUT2D eigenvalue weighted by Gasteiger charge is -2.29. The van der Waals surface area contributed by atoms with Crippen molar-refractivity contribution in [1.29, 1.82) is 0 Å². The molecule has 1 amide bonds. The van der Waals surface area contributed by atoms with Crippen LogP contribution in [0.4, 0.5) is 0 Å². The largest absolute Gasteiger partial charge is 0.383 e. The van der Waals surface area contributed by atoms with Gasteiger partial charge in [-0.25, -0.2) is 0 Å². The molecule has 1 atom stereocenters. The lowest BCUT2D eigenvalue weighted by Crippen LogP contribution is -2.49. The predicted molar refractivity (Wildman–Crippen MR) is 77.2 cm³/mol. The van der Waals surface area contributed by atoms with Gasteiger partial charge in [0.1, 0.15) is 0 Å². The fraction of sp³-hybridized carbons (Fsp3) is 0.600. The molecule has 2 rings (SSSR count). The highest BCUT2D eigenvalue weighted by molar-refractivity contribution is 5.82. The number of carbonyl (C=O) groups excluding carboxylic acids is 1. The molecule has 110 valence electrons. The van der Waals surface area contributed by atoms with Gasteiger partial charge in [-0.15, -0.1) is 0 Å². The number of amides is 1. The Morgan fingerprint density at radius 3 is 3.05 bits per heavy atom. The summed E-state index contributed by atoms with van der Waals surface area (Å²) in [7, 11) is 1.66. The zero-order chi connectivity index (χ0) is 14.2. The van der Waals surface area contributed by atoms with Crippen LogP contribution in [0, 0.1) is 0 Å². The summed E-state index contributed by atoms with van der Waals surface area (Å²) in [5, 5.41) is 3.31. The number of hydrogen-bond donors (Lipinski definition) is 1. The molecule has 0 aliphatic carbocycles. The van der Waals surface area contributed by atoms with Crippen molar-refractivity contribution in [2.24, 2.45) is 0 Å². The zero-order valence-corrected chi connectivity index (χ0v) is 12.0. The third-order valence-electron chi connectivity index (χ3n) is 3.56. The van der Waals surface area contributed by atoms with Gasteiger partial charge >= 0.3 is 0 Å². The number of rotatable bonds is 6. The quantitative estimate of drug-likeness (QED) is 0.849. The van der Waals surface area contributed by atoms with Crippen LogP contribution >= 0.6 is 0 Å². The van der Waals surface area contributed by atoms with Gasteiger partial charge in [0.05, 0.1) is 24.9 Å². The standard InChI is InChI=1S/C15H23N3O2/c1-20-11-10-18(12-13-6-2-4-8-16-13)15(19)14-7-3-5-9-17-14/h2,4,6,8,14,17H,3,5,7,9-12H2,1H3/t14-/m1/s1. The van der Waals surface area contributed by atoms with E-state index in [9.17, 15) is 4.79 Å². The number of hydrogen-bond acceptors (Lipinski definition) is 4. The lowest BCUT2D eigenvalue weighted by molar-refractivity contribution is -0.135. The van der Waals surface area contributed by atoms with E-state index in [2.05, 4.69) is 10.3 Å². The molecule has 0 aromatic carbocycles. The second-order valence-electron chi connectivity index (χ2n) is 5.08. The number of methoxy groups -OCH3 is 1. The van der Waals surface area contributed by atoms with Crippen LogP contribution in [0.2, 0.25) is 0 Å². The summed E-state index contributed by atoms with van der Waals surface area (Å²) < 4.78 is 5.11. The molecule has 5 nitrogen and oxygen atoms in total. The molecule has 1 aromatic rings. The number of pyridine rings is 1. The number of piperidine rings is 1. The first-order valence-electron chi connectivity index (χ1n) is 7.22. The van der Waals surface area contributed by atoms with E-state index in [1.807, 2.05) is 23.1 Å². The molecule has 1 saturated heterocycles. The van der Waals surface area contributed by atoms with Crippen LogP contribution < -0.4 is 5.32 Å². The highest BCUT2D eigenvalue weighted by Gasteiger charge is 2.25. The molecule has 0 radical (unpaired) electrons. The van der Waals surface area contributed by atoms with Crippen molar-refractivity contribution in [3.63, 3.8) is 0 Å². The molecule has 1 aliphatic rings. The lowest BCUT2D eigenvalue weighted by atomic mass is 10.0. The Labute approximate surface area is 120 Å². The van der Waals surface area contributed by atoms with Gasteiger partial charge in [0.2, 0.25) is 5.91 Å². The molecule has 2 heterocycles. The van der Waals surface area contributed by atoms with Crippen LogP contribution in [-0.4, -0.2) is 48.6 Å². The maximum Gasteiger partial charge on any atom is 0.240 e. The van der Waals surface area contributed by atoms with E-state index in [0.717, 1.165) is 31.5 Å². The summed E-state index contributed by atoms with van der Waals surface area (Å²) in [6, 6.07) is 5.72. The molecule has 0 saturated carbocycles. The van der Waals surface area contributed by atoms with E-state index in [1.54, 1.807) is 13.3 Å². The van der Waals surface area contributed by atoms with Gasteiger partial charge in [-0.2, -0.15) is 0 Å². The molecule has 0 spiro atoms. The van der Waals surface area contributed by atoms with Crippen LogP contribution in [0.3, 0.4) is 0 Å². The molecule has 1 N–H and O–H groups in total. The van der Waals surface area contributed by atoms with E-state index in [4.69, 9.17) is 4.74 Å². The molecule has 0 unspecified atom stereocenters. The molecule has 1 aromatic heterocycles. The second-order valence-corrected chi connectivity index (χ2v) is 5.08. The first-order valence-corrected chi connectivity index (χ1v) is 7.22.